The first kappa shape index (κ1) is 9.82. The lowest BCUT2D eigenvalue weighted by atomic mass is 10.0. The van der Waals surface area contributed by atoms with E-state index in [1.54, 1.807) is 12.5 Å². The van der Waals surface area contributed by atoms with Crippen LogP contribution < -0.4 is 5.73 Å². The number of furan rings is 1. The Kier molecular flexibility index (Phi) is 3.53. The van der Waals surface area contributed by atoms with Crippen LogP contribution in [0, 0.1) is 11.3 Å². The van der Waals surface area contributed by atoms with Gasteiger partial charge < -0.3 is 10.2 Å². The monoisotopic (exact) mass is 178 g/mol. The van der Waals surface area contributed by atoms with Crippen LogP contribution in [0.5, 0.6) is 0 Å². The van der Waals surface area contributed by atoms with E-state index in [1.807, 2.05) is 6.07 Å². The summed E-state index contributed by atoms with van der Waals surface area (Å²) in [4.78, 5) is 0. The first-order valence-corrected chi connectivity index (χ1v) is 4.49. The Morgan fingerprint density at radius 3 is 3.00 bits per heavy atom. The van der Waals surface area contributed by atoms with Gasteiger partial charge >= 0.3 is 0 Å². The van der Waals surface area contributed by atoms with E-state index in [0.29, 0.717) is 0 Å². The molecule has 0 saturated carbocycles. The number of rotatable bonds is 4. The Labute approximate surface area is 78.1 Å². The van der Waals surface area contributed by atoms with Crippen molar-refractivity contribution >= 4 is 0 Å². The van der Waals surface area contributed by atoms with Crippen LogP contribution in [-0.2, 0) is 6.42 Å². The molecule has 0 amide bonds. The van der Waals surface area contributed by atoms with Gasteiger partial charge in [-0.25, -0.2) is 0 Å². The van der Waals surface area contributed by atoms with Crippen LogP contribution in [0.15, 0.2) is 16.9 Å². The highest BCUT2D eigenvalue weighted by atomic mass is 16.3. The normalized spacial score (nSPS) is 12.4. The second kappa shape index (κ2) is 4.68. The SMILES string of the molecule is CCCCc1cocc1C(N)C#N. The van der Waals surface area contributed by atoms with Crippen molar-refractivity contribution in [2.75, 3.05) is 0 Å². The molecule has 1 heterocycles. The molecule has 3 heteroatoms. The second-order valence-electron chi connectivity index (χ2n) is 3.06. The van der Waals surface area contributed by atoms with Crippen molar-refractivity contribution in [1.82, 2.24) is 0 Å². The van der Waals surface area contributed by atoms with Gasteiger partial charge in [0.2, 0.25) is 0 Å². The fourth-order valence-corrected chi connectivity index (χ4v) is 1.25. The van der Waals surface area contributed by atoms with E-state index in [-0.39, 0.29) is 0 Å². The zero-order valence-electron chi connectivity index (χ0n) is 7.79. The molecular weight excluding hydrogens is 164 g/mol. The maximum atomic E-state index is 8.64. The Balaban J connectivity index is 2.72. The van der Waals surface area contributed by atoms with E-state index < -0.39 is 6.04 Å². The van der Waals surface area contributed by atoms with E-state index in [1.165, 1.54) is 0 Å². The summed E-state index contributed by atoms with van der Waals surface area (Å²) in [5.41, 5.74) is 7.49. The Hall–Kier alpha value is -1.27. The van der Waals surface area contributed by atoms with Crippen molar-refractivity contribution in [3.05, 3.63) is 23.7 Å². The number of nitriles is 1. The van der Waals surface area contributed by atoms with Crippen molar-refractivity contribution < 1.29 is 4.42 Å². The lowest BCUT2D eigenvalue weighted by Gasteiger charge is -2.02. The minimum Gasteiger partial charge on any atom is -0.472 e. The summed E-state index contributed by atoms with van der Waals surface area (Å²) in [6.07, 6.45) is 6.43. The fraction of sp³-hybridized carbons (Fsp3) is 0.500. The standard InChI is InChI=1S/C10H14N2O/c1-2-3-4-8-6-13-7-9(8)10(12)5-11/h6-7,10H,2-4,12H2,1H3. The topological polar surface area (TPSA) is 62.9 Å². The zero-order valence-corrected chi connectivity index (χ0v) is 7.79. The van der Waals surface area contributed by atoms with Crippen LogP contribution in [0.4, 0.5) is 0 Å². The van der Waals surface area contributed by atoms with Crippen LogP contribution >= 0.6 is 0 Å². The number of hydrogen-bond donors (Lipinski definition) is 1. The summed E-state index contributed by atoms with van der Waals surface area (Å²) in [5.74, 6) is 0. The predicted octanol–water partition coefficient (Wildman–Crippen LogP) is 2.15. The molecule has 0 fully saturated rings. The molecule has 2 N–H and O–H groups in total. The van der Waals surface area contributed by atoms with Crippen LogP contribution in [-0.4, -0.2) is 0 Å². The molecule has 0 radical (unpaired) electrons. The quantitative estimate of drug-likeness (QED) is 0.768. The Bertz CT molecular complexity index is 298. The van der Waals surface area contributed by atoms with Crippen LogP contribution in [0.25, 0.3) is 0 Å². The zero-order chi connectivity index (χ0) is 9.68. The third-order valence-corrected chi connectivity index (χ3v) is 2.05. The van der Waals surface area contributed by atoms with Crippen molar-refractivity contribution in [2.24, 2.45) is 5.73 Å². The molecule has 0 aliphatic carbocycles. The molecule has 1 aromatic heterocycles. The van der Waals surface area contributed by atoms with Gasteiger partial charge in [0.1, 0.15) is 6.04 Å². The van der Waals surface area contributed by atoms with Gasteiger partial charge in [-0.15, -0.1) is 0 Å². The van der Waals surface area contributed by atoms with E-state index in [9.17, 15) is 0 Å². The average molecular weight is 178 g/mol. The number of nitrogens with two attached hydrogens (primary N) is 1. The minimum atomic E-state index is -0.550. The van der Waals surface area contributed by atoms with Gasteiger partial charge in [-0.1, -0.05) is 13.3 Å². The summed E-state index contributed by atoms with van der Waals surface area (Å²) in [7, 11) is 0. The number of hydrogen-bond acceptors (Lipinski definition) is 3. The van der Waals surface area contributed by atoms with Gasteiger partial charge in [0.15, 0.2) is 0 Å². The molecule has 1 aromatic rings. The van der Waals surface area contributed by atoms with Gasteiger partial charge in [0, 0.05) is 5.56 Å². The maximum absolute atomic E-state index is 8.64. The molecular formula is C10H14N2O. The van der Waals surface area contributed by atoms with Crippen LogP contribution in [0.3, 0.4) is 0 Å². The number of nitrogens with zero attached hydrogens (tertiary/aromatic N) is 1. The lowest BCUT2D eigenvalue weighted by molar-refractivity contribution is 0.559. The van der Waals surface area contributed by atoms with Crippen molar-refractivity contribution in [2.45, 2.75) is 32.2 Å². The van der Waals surface area contributed by atoms with Crippen molar-refractivity contribution in [1.29, 1.82) is 5.26 Å². The summed E-state index contributed by atoms with van der Waals surface area (Å²) in [6.45, 7) is 2.13. The number of aryl methyl sites for hydroxylation is 1. The molecule has 13 heavy (non-hydrogen) atoms. The van der Waals surface area contributed by atoms with Gasteiger partial charge in [0.05, 0.1) is 18.6 Å². The van der Waals surface area contributed by atoms with Crippen LogP contribution in [0.2, 0.25) is 0 Å². The number of unbranched alkanes of at least 4 members (excludes halogenated alkanes) is 1. The van der Waals surface area contributed by atoms with E-state index in [0.717, 1.165) is 30.4 Å². The van der Waals surface area contributed by atoms with E-state index in [2.05, 4.69) is 6.92 Å². The molecule has 0 spiro atoms. The van der Waals surface area contributed by atoms with E-state index in [4.69, 9.17) is 15.4 Å². The lowest BCUT2D eigenvalue weighted by Crippen LogP contribution is -2.08. The molecule has 0 aliphatic heterocycles. The predicted molar refractivity (Wildman–Crippen MR) is 49.9 cm³/mol. The van der Waals surface area contributed by atoms with Gasteiger partial charge in [-0.05, 0) is 18.4 Å². The molecule has 0 aromatic carbocycles. The third-order valence-electron chi connectivity index (χ3n) is 2.05. The first-order valence-electron chi connectivity index (χ1n) is 4.49. The van der Waals surface area contributed by atoms with Gasteiger partial charge in [0.25, 0.3) is 0 Å². The summed E-state index contributed by atoms with van der Waals surface area (Å²) in [5, 5.41) is 8.64. The summed E-state index contributed by atoms with van der Waals surface area (Å²) >= 11 is 0. The van der Waals surface area contributed by atoms with E-state index >= 15 is 0 Å². The average Bonchev–Trinajstić information content (AvgIpc) is 2.61. The van der Waals surface area contributed by atoms with Gasteiger partial charge in [-0.3, -0.25) is 0 Å². The molecule has 0 bridgehead atoms. The van der Waals surface area contributed by atoms with Crippen molar-refractivity contribution in [3.8, 4) is 6.07 Å². The maximum Gasteiger partial charge on any atom is 0.122 e. The minimum absolute atomic E-state index is 0.550. The molecule has 70 valence electrons. The summed E-state index contributed by atoms with van der Waals surface area (Å²) in [6, 6.07) is 1.45. The second-order valence-corrected chi connectivity index (χ2v) is 3.06. The first-order chi connectivity index (χ1) is 6.29. The molecule has 1 unspecified atom stereocenters. The van der Waals surface area contributed by atoms with Crippen molar-refractivity contribution in [3.63, 3.8) is 0 Å². The van der Waals surface area contributed by atoms with Gasteiger partial charge in [-0.2, -0.15) is 5.26 Å². The third kappa shape index (κ3) is 2.33. The highest BCUT2D eigenvalue weighted by molar-refractivity contribution is 5.28. The highest BCUT2D eigenvalue weighted by Gasteiger charge is 2.11. The smallest absolute Gasteiger partial charge is 0.122 e. The largest absolute Gasteiger partial charge is 0.472 e. The Morgan fingerprint density at radius 1 is 1.62 bits per heavy atom. The highest BCUT2D eigenvalue weighted by Crippen LogP contribution is 2.18. The van der Waals surface area contributed by atoms with Crippen LogP contribution in [0.1, 0.15) is 36.9 Å². The Morgan fingerprint density at radius 2 is 2.38 bits per heavy atom. The molecule has 3 nitrogen and oxygen atoms in total. The fourth-order valence-electron chi connectivity index (χ4n) is 1.25. The summed E-state index contributed by atoms with van der Waals surface area (Å²) < 4.78 is 5.03. The molecule has 0 saturated heterocycles. The molecule has 0 aliphatic rings. The molecule has 1 atom stereocenters. The molecule has 1 rings (SSSR count).